The van der Waals surface area contributed by atoms with E-state index in [0.29, 0.717) is 48.4 Å². The molecule has 10 heteroatoms. The molecule has 2 fully saturated rings. The van der Waals surface area contributed by atoms with E-state index in [9.17, 15) is 4.70 Å². The molecule has 0 N–H and O–H groups in total. The van der Waals surface area contributed by atoms with Gasteiger partial charge in [-0.1, -0.05) is 30.3 Å². The van der Waals surface area contributed by atoms with Crippen molar-refractivity contribution >= 4 is 22.4 Å². The third-order valence-corrected chi connectivity index (χ3v) is 11.4. The SMILES string of the molecule is C[C@@H]1C(COCc2ccccc2)O[C@H](C)C(O[C@H]2OC(COCc3ccccc3)[C@@H](C)[C@H](PBB=O)C2OCc2ccccc2)[C@H]1C. The Bertz CT molecular complexity index is 1320. The Morgan fingerprint density at radius 2 is 1.17 bits per heavy atom. The van der Waals surface area contributed by atoms with Gasteiger partial charge >= 0.3 is 242 Å². The first kappa shape index (κ1) is 36.1. The molecular formula is C37H49B2O7P. The van der Waals surface area contributed by atoms with Crippen molar-refractivity contribution in [3.63, 3.8) is 0 Å². The summed E-state index contributed by atoms with van der Waals surface area (Å²) in [6, 6.07) is 30.5. The fourth-order valence-corrected chi connectivity index (χ4v) is 8.11. The summed E-state index contributed by atoms with van der Waals surface area (Å²) in [5, 5.41) is 0. The molecule has 2 heterocycles. The molecule has 0 aromatic heterocycles. The molecule has 0 spiro atoms. The summed E-state index contributed by atoms with van der Waals surface area (Å²) in [5.74, 6) is 0.494. The van der Waals surface area contributed by atoms with E-state index >= 15 is 0 Å². The van der Waals surface area contributed by atoms with Gasteiger partial charge in [-0.3, -0.25) is 0 Å². The van der Waals surface area contributed by atoms with Crippen molar-refractivity contribution in [3.05, 3.63) is 108 Å². The molecule has 3 aromatic carbocycles. The van der Waals surface area contributed by atoms with E-state index in [1.54, 1.807) is 0 Å². The quantitative estimate of drug-likeness (QED) is 0.135. The average Bonchev–Trinajstić information content (AvgIpc) is 3.10. The molecule has 3 aromatic rings. The van der Waals surface area contributed by atoms with Crippen molar-refractivity contribution < 1.29 is 33.1 Å². The zero-order valence-electron chi connectivity index (χ0n) is 28.1. The first-order valence-electron chi connectivity index (χ1n) is 17.0. The van der Waals surface area contributed by atoms with Gasteiger partial charge in [0, 0.05) is 0 Å². The van der Waals surface area contributed by atoms with Crippen LogP contribution in [0.2, 0.25) is 0 Å². The van der Waals surface area contributed by atoms with Gasteiger partial charge in [-0.15, -0.1) is 0 Å². The summed E-state index contributed by atoms with van der Waals surface area (Å²) in [7, 11) is 1.39. The Morgan fingerprint density at radius 3 is 1.70 bits per heavy atom. The van der Waals surface area contributed by atoms with Crippen LogP contribution in [0.5, 0.6) is 0 Å². The summed E-state index contributed by atoms with van der Waals surface area (Å²) in [6.45, 7) is 11.6. The van der Waals surface area contributed by atoms with E-state index in [-0.39, 0.29) is 53.9 Å². The Balaban J connectivity index is 1.29. The van der Waals surface area contributed by atoms with Crippen LogP contribution in [0.15, 0.2) is 91.0 Å². The molecule has 0 radical (unpaired) electrons. The average molecular weight is 658 g/mol. The summed E-state index contributed by atoms with van der Waals surface area (Å²) >= 11 is 0. The molecule has 0 saturated carbocycles. The molecular weight excluding hydrogens is 609 g/mol. The second kappa shape index (κ2) is 18.5. The van der Waals surface area contributed by atoms with Crippen LogP contribution in [-0.2, 0) is 52.9 Å². The van der Waals surface area contributed by atoms with E-state index in [2.05, 4.69) is 64.1 Å². The molecule has 7 nitrogen and oxygen atoms in total. The molecule has 5 unspecified atom stereocenters. The molecule has 47 heavy (non-hydrogen) atoms. The van der Waals surface area contributed by atoms with Gasteiger partial charge in [0.1, 0.15) is 0 Å². The predicted molar refractivity (Wildman–Crippen MR) is 188 cm³/mol. The van der Waals surface area contributed by atoms with Crippen molar-refractivity contribution in [2.24, 2.45) is 17.8 Å². The molecule has 2 aliphatic rings. The minimum atomic E-state index is -0.638. The first-order valence-corrected chi connectivity index (χ1v) is 18.2. The molecule has 250 valence electrons. The van der Waals surface area contributed by atoms with Gasteiger partial charge in [-0.25, -0.2) is 0 Å². The monoisotopic (exact) mass is 658 g/mol. The Morgan fingerprint density at radius 1 is 0.660 bits per heavy atom. The molecule has 11 atom stereocenters. The second-order valence-corrected chi connectivity index (χ2v) is 14.4. The van der Waals surface area contributed by atoms with Crippen molar-refractivity contribution in [1.82, 2.24) is 0 Å². The van der Waals surface area contributed by atoms with Crippen LogP contribution in [0.25, 0.3) is 0 Å². The van der Waals surface area contributed by atoms with E-state index in [4.69, 9.17) is 28.4 Å². The van der Waals surface area contributed by atoms with Crippen molar-refractivity contribution in [2.45, 2.75) is 90.0 Å². The van der Waals surface area contributed by atoms with E-state index in [1.807, 2.05) is 54.6 Å². The van der Waals surface area contributed by atoms with Crippen LogP contribution < -0.4 is 0 Å². The zero-order chi connectivity index (χ0) is 33.0. The molecule has 0 bridgehead atoms. The number of rotatable bonds is 16. The first-order chi connectivity index (χ1) is 22.9. The van der Waals surface area contributed by atoms with Gasteiger partial charge in [0.2, 0.25) is 0 Å². The number of benzene rings is 3. The van der Waals surface area contributed by atoms with Crippen LogP contribution >= 0.6 is 8.46 Å². The van der Waals surface area contributed by atoms with Gasteiger partial charge in [0.05, 0.1) is 6.61 Å². The zero-order valence-corrected chi connectivity index (χ0v) is 29.1. The molecule has 0 aliphatic carbocycles. The normalized spacial score (nSPS) is 31.1. The fourth-order valence-electron chi connectivity index (χ4n) is 6.67. The summed E-state index contributed by atoms with van der Waals surface area (Å²) in [5.41, 5.74) is 3.42. The molecule has 0 amide bonds. The summed E-state index contributed by atoms with van der Waals surface area (Å²) in [4.78, 5) is 0. The van der Waals surface area contributed by atoms with Crippen LogP contribution in [-0.4, -0.2) is 69.6 Å². The van der Waals surface area contributed by atoms with Crippen molar-refractivity contribution in [3.8, 4) is 0 Å². The fraction of sp³-hybridized carbons (Fsp3) is 0.514. The van der Waals surface area contributed by atoms with Crippen LogP contribution in [0.4, 0.5) is 0 Å². The Hall–Kier alpha value is -2.22. The number of hydrogen-bond donors (Lipinski definition) is 0. The maximum atomic E-state index is 11.6. The Kier molecular flexibility index (Phi) is 14.2. The van der Waals surface area contributed by atoms with Gasteiger partial charge in [-0.2, -0.15) is 0 Å². The van der Waals surface area contributed by atoms with E-state index in [1.165, 1.54) is 0 Å². The third-order valence-electron chi connectivity index (χ3n) is 9.67. The predicted octanol–water partition coefficient (Wildman–Crippen LogP) is 6.17. The van der Waals surface area contributed by atoms with Gasteiger partial charge in [-0.05, 0) is 5.56 Å². The Labute approximate surface area is 283 Å². The van der Waals surface area contributed by atoms with Gasteiger partial charge < -0.3 is 0 Å². The van der Waals surface area contributed by atoms with Crippen LogP contribution in [0, 0.1) is 17.8 Å². The molecule has 2 saturated heterocycles. The summed E-state index contributed by atoms with van der Waals surface area (Å²) in [6.07, 6.45) is -1.63. The van der Waals surface area contributed by atoms with Crippen molar-refractivity contribution in [1.29, 1.82) is 0 Å². The van der Waals surface area contributed by atoms with Crippen molar-refractivity contribution in [2.75, 3.05) is 13.2 Å². The van der Waals surface area contributed by atoms with Crippen LogP contribution in [0.1, 0.15) is 44.4 Å². The van der Waals surface area contributed by atoms with Crippen LogP contribution in [0.3, 0.4) is 0 Å². The molecule has 5 rings (SSSR count). The summed E-state index contributed by atoms with van der Waals surface area (Å²) < 4.78 is 50.9. The topological polar surface area (TPSA) is 72.5 Å². The van der Waals surface area contributed by atoms with E-state index < -0.39 is 6.29 Å². The number of ether oxygens (including phenoxy) is 6. The van der Waals surface area contributed by atoms with Gasteiger partial charge in [0.25, 0.3) is 0 Å². The number of hydrogen-bond acceptors (Lipinski definition) is 7. The third kappa shape index (κ3) is 10.1. The van der Waals surface area contributed by atoms with E-state index in [0.717, 1.165) is 23.7 Å². The molecule has 2 aliphatic heterocycles. The maximum absolute atomic E-state index is 11.6. The standard InChI is InChI=1S/C37H49B2O7P/c1-25-26(2)34(28(4)44-32(25)23-41-20-29-14-8-5-9-15-29)46-37-35(43-22-31-18-12-7-13-19-31)36(47-39-38-40)27(3)33(45-37)24-42-21-30-16-10-6-11-17-30/h5-19,25-28,32-37,39,47H,20-24H2,1-4H3/t25-,26-,27+,28+,32?,33?,34?,35?,36-,37+/m0/s1. The minimum absolute atomic E-state index is 0.0399. The van der Waals surface area contributed by atoms with Gasteiger partial charge in [0.15, 0.2) is 0 Å². The second-order valence-electron chi connectivity index (χ2n) is 13.0.